The van der Waals surface area contributed by atoms with Crippen LogP contribution in [0.25, 0.3) is 0 Å². The molecule has 0 bridgehead atoms. The highest BCUT2D eigenvalue weighted by molar-refractivity contribution is 6.33. The summed E-state index contributed by atoms with van der Waals surface area (Å²) in [7, 11) is 0. The van der Waals surface area contributed by atoms with Gasteiger partial charge in [0.2, 0.25) is 0 Å². The first-order valence-electron chi connectivity index (χ1n) is 5.65. The van der Waals surface area contributed by atoms with E-state index in [9.17, 15) is 8.78 Å². The SMILES string of the molecule is Nc1ccc(Nc2ccc3c(c2)OC(F)(F)O3)c(Cl)c1. The minimum absolute atomic E-state index is 0.0102. The number of hydrogen-bond donors (Lipinski definition) is 2. The van der Waals surface area contributed by atoms with E-state index in [1.165, 1.54) is 12.1 Å². The third kappa shape index (κ3) is 2.42. The maximum absolute atomic E-state index is 12.9. The first kappa shape index (κ1) is 12.8. The zero-order valence-electron chi connectivity index (χ0n) is 9.99. The number of nitrogen functional groups attached to an aromatic ring is 1. The Morgan fingerprint density at radius 1 is 1.05 bits per heavy atom. The zero-order valence-corrected chi connectivity index (χ0v) is 10.7. The minimum Gasteiger partial charge on any atom is -0.399 e. The Hall–Kier alpha value is -2.21. The van der Waals surface area contributed by atoms with Crippen molar-refractivity contribution in [1.82, 2.24) is 0 Å². The molecule has 0 radical (unpaired) electrons. The molecule has 104 valence electrons. The van der Waals surface area contributed by atoms with Crippen molar-refractivity contribution in [1.29, 1.82) is 0 Å². The lowest BCUT2D eigenvalue weighted by atomic mass is 10.2. The summed E-state index contributed by atoms with van der Waals surface area (Å²) in [5.41, 5.74) is 7.27. The first-order valence-corrected chi connectivity index (χ1v) is 6.03. The Morgan fingerprint density at radius 3 is 2.55 bits per heavy atom. The topological polar surface area (TPSA) is 56.5 Å². The van der Waals surface area contributed by atoms with Crippen molar-refractivity contribution >= 4 is 28.7 Å². The fraction of sp³-hybridized carbons (Fsp3) is 0.0769. The number of ether oxygens (including phenoxy) is 2. The van der Waals surface area contributed by atoms with Gasteiger partial charge in [0.25, 0.3) is 0 Å². The number of nitrogens with two attached hydrogens (primary N) is 1. The second kappa shape index (κ2) is 4.42. The van der Waals surface area contributed by atoms with Crippen molar-refractivity contribution in [2.24, 2.45) is 0 Å². The van der Waals surface area contributed by atoms with E-state index in [0.29, 0.717) is 22.1 Å². The van der Waals surface area contributed by atoms with E-state index in [2.05, 4.69) is 14.8 Å². The van der Waals surface area contributed by atoms with Crippen molar-refractivity contribution in [2.75, 3.05) is 11.1 Å². The fourth-order valence-corrected chi connectivity index (χ4v) is 2.05. The molecular formula is C13H9ClF2N2O2. The van der Waals surface area contributed by atoms with Crippen LogP contribution in [-0.2, 0) is 0 Å². The van der Waals surface area contributed by atoms with Crippen molar-refractivity contribution in [3.8, 4) is 11.5 Å². The van der Waals surface area contributed by atoms with Gasteiger partial charge in [0.15, 0.2) is 11.5 Å². The summed E-state index contributed by atoms with van der Waals surface area (Å²) in [6, 6.07) is 9.33. The van der Waals surface area contributed by atoms with Crippen LogP contribution in [0.1, 0.15) is 0 Å². The molecular weight excluding hydrogens is 290 g/mol. The van der Waals surface area contributed by atoms with Crippen molar-refractivity contribution in [2.45, 2.75) is 6.29 Å². The third-order valence-electron chi connectivity index (χ3n) is 2.67. The van der Waals surface area contributed by atoms with Crippen LogP contribution in [0.5, 0.6) is 11.5 Å². The van der Waals surface area contributed by atoms with Crippen LogP contribution in [0, 0.1) is 0 Å². The maximum atomic E-state index is 12.9. The molecule has 20 heavy (non-hydrogen) atoms. The molecule has 0 unspecified atom stereocenters. The van der Waals surface area contributed by atoms with Crippen LogP contribution >= 0.6 is 11.6 Å². The molecule has 0 amide bonds. The second-order valence-corrected chi connectivity index (χ2v) is 4.60. The van der Waals surface area contributed by atoms with Gasteiger partial charge in [-0.05, 0) is 30.3 Å². The molecule has 4 nitrogen and oxygen atoms in total. The van der Waals surface area contributed by atoms with Gasteiger partial charge in [-0.3, -0.25) is 0 Å². The first-order chi connectivity index (χ1) is 9.43. The summed E-state index contributed by atoms with van der Waals surface area (Å²) in [4.78, 5) is 0. The molecule has 3 rings (SSSR count). The van der Waals surface area contributed by atoms with Crippen molar-refractivity contribution in [3.63, 3.8) is 0 Å². The Labute approximate surface area is 118 Å². The molecule has 2 aromatic carbocycles. The molecule has 0 saturated heterocycles. The van der Waals surface area contributed by atoms with Gasteiger partial charge >= 0.3 is 6.29 Å². The van der Waals surface area contributed by atoms with Gasteiger partial charge in [-0.25, -0.2) is 0 Å². The third-order valence-corrected chi connectivity index (χ3v) is 2.99. The van der Waals surface area contributed by atoms with E-state index in [4.69, 9.17) is 17.3 Å². The molecule has 1 aliphatic rings. The number of anilines is 3. The van der Waals surface area contributed by atoms with Gasteiger partial charge in [-0.1, -0.05) is 11.6 Å². The number of halogens is 3. The lowest BCUT2D eigenvalue weighted by Gasteiger charge is -2.09. The second-order valence-electron chi connectivity index (χ2n) is 4.19. The van der Waals surface area contributed by atoms with E-state index in [0.717, 1.165) is 0 Å². The van der Waals surface area contributed by atoms with Crippen LogP contribution < -0.4 is 20.5 Å². The van der Waals surface area contributed by atoms with Gasteiger partial charge in [-0.2, -0.15) is 0 Å². The smallest absolute Gasteiger partial charge is 0.399 e. The molecule has 0 atom stereocenters. The monoisotopic (exact) mass is 298 g/mol. The molecule has 1 aliphatic heterocycles. The number of hydrogen-bond acceptors (Lipinski definition) is 4. The average Bonchev–Trinajstić information content (AvgIpc) is 2.66. The van der Waals surface area contributed by atoms with Crippen LogP contribution in [-0.4, -0.2) is 6.29 Å². The summed E-state index contributed by atoms with van der Waals surface area (Å²) in [5.74, 6) is -0.0458. The normalized spacial score (nSPS) is 15.2. The highest BCUT2D eigenvalue weighted by Crippen LogP contribution is 2.42. The number of fused-ring (bicyclic) bond motifs is 1. The molecule has 0 aliphatic carbocycles. The predicted molar refractivity (Wildman–Crippen MR) is 71.8 cm³/mol. The van der Waals surface area contributed by atoms with Crippen LogP contribution in [0.3, 0.4) is 0 Å². The lowest BCUT2D eigenvalue weighted by molar-refractivity contribution is -0.286. The highest BCUT2D eigenvalue weighted by atomic mass is 35.5. The number of alkyl halides is 2. The molecule has 3 N–H and O–H groups in total. The van der Waals surface area contributed by atoms with E-state index in [1.807, 2.05) is 0 Å². The van der Waals surface area contributed by atoms with Gasteiger partial charge in [0.1, 0.15) is 0 Å². The number of nitrogens with one attached hydrogen (secondary N) is 1. The van der Waals surface area contributed by atoms with Crippen LogP contribution in [0.2, 0.25) is 5.02 Å². The quantitative estimate of drug-likeness (QED) is 0.823. The van der Waals surface area contributed by atoms with E-state index in [-0.39, 0.29) is 11.5 Å². The minimum atomic E-state index is -3.63. The maximum Gasteiger partial charge on any atom is 0.586 e. The Balaban J connectivity index is 1.86. The summed E-state index contributed by atoms with van der Waals surface area (Å²) in [5, 5.41) is 3.41. The summed E-state index contributed by atoms with van der Waals surface area (Å²) < 4.78 is 34.5. The molecule has 7 heteroatoms. The predicted octanol–water partition coefficient (Wildman–Crippen LogP) is 3.99. The van der Waals surface area contributed by atoms with Crippen molar-refractivity contribution in [3.05, 3.63) is 41.4 Å². The van der Waals surface area contributed by atoms with Gasteiger partial charge in [0, 0.05) is 17.4 Å². The lowest BCUT2D eigenvalue weighted by Crippen LogP contribution is -2.25. The molecule has 2 aromatic rings. The summed E-state index contributed by atoms with van der Waals surface area (Å²) in [6.07, 6.45) is -3.63. The fourth-order valence-electron chi connectivity index (χ4n) is 1.81. The van der Waals surface area contributed by atoms with Gasteiger partial charge in [0.05, 0.1) is 10.7 Å². The molecule has 0 fully saturated rings. The summed E-state index contributed by atoms with van der Waals surface area (Å²) >= 11 is 6.02. The van der Waals surface area contributed by atoms with Gasteiger partial charge in [-0.15, -0.1) is 8.78 Å². The van der Waals surface area contributed by atoms with E-state index >= 15 is 0 Å². The zero-order chi connectivity index (χ0) is 14.3. The molecule has 0 spiro atoms. The van der Waals surface area contributed by atoms with E-state index in [1.54, 1.807) is 24.3 Å². The van der Waals surface area contributed by atoms with Crippen LogP contribution in [0.4, 0.5) is 25.8 Å². The molecule has 1 heterocycles. The Bertz CT molecular complexity index is 679. The average molecular weight is 299 g/mol. The molecule has 0 saturated carbocycles. The summed E-state index contributed by atoms with van der Waals surface area (Å²) in [6.45, 7) is 0. The Morgan fingerprint density at radius 2 is 1.80 bits per heavy atom. The Kier molecular flexibility index (Phi) is 2.83. The van der Waals surface area contributed by atoms with Crippen molar-refractivity contribution < 1.29 is 18.3 Å². The number of rotatable bonds is 2. The van der Waals surface area contributed by atoms with Crippen LogP contribution in [0.15, 0.2) is 36.4 Å². The highest BCUT2D eigenvalue weighted by Gasteiger charge is 2.43. The largest absolute Gasteiger partial charge is 0.586 e. The van der Waals surface area contributed by atoms with E-state index < -0.39 is 6.29 Å². The standard InChI is InChI=1S/C13H9ClF2N2O2/c14-9-5-7(17)1-3-10(9)18-8-2-4-11-12(6-8)20-13(15,16)19-11/h1-6,18H,17H2. The van der Waals surface area contributed by atoms with Gasteiger partial charge < -0.3 is 20.5 Å². The number of benzene rings is 2. The molecule has 0 aromatic heterocycles.